The Morgan fingerprint density at radius 2 is 1.62 bits per heavy atom. The van der Waals surface area contributed by atoms with Crippen molar-refractivity contribution in [2.45, 2.75) is 45.3 Å². The zero-order valence-corrected chi connectivity index (χ0v) is 25.1. The van der Waals surface area contributed by atoms with Crippen molar-refractivity contribution in [3.8, 4) is 5.75 Å². The van der Waals surface area contributed by atoms with Crippen molar-refractivity contribution in [1.82, 2.24) is 10.2 Å². The fourth-order valence-corrected chi connectivity index (χ4v) is 5.19. The van der Waals surface area contributed by atoms with Crippen LogP contribution in [-0.4, -0.2) is 61.5 Å². The predicted molar refractivity (Wildman–Crippen MR) is 161 cm³/mol. The Morgan fingerprint density at radius 1 is 0.976 bits per heavy atom. The third-order valence-electron chi connectivity index (χ3n) is 6.26. The quantitative estimate of drug-likeness (QED) is 0.247. The number of hydrogen-bond donors (Lipinski definition) is 1. The molecule has 0 aromatic heterocycles. The van der Waals surface area contributed by atoms with Crippen LogP contribution in [-0.2, 0) is 32.6 Å². The summed E-state index contributed by atoms with van der Waals surface area (Å²) < 4.78 is 31.9. The van der Waals surface area contributed by atoms with Gasteiger partial charge in [-0.05, 0) is 50.1 Å². The zero-order valence-electron chi connectivity index (χ0n) is 24.3. The molecule has 0 bridgehead atoms. The van der Waals surface area contributed by atoms with Crippen LogP contribution in [0.5, 0.6) is 5.75 Å². The van der Waals surface area contributed by atoms with Crippen molar-refractivity contribution in [2.24, 2.45) is 0 Å². The lowest BCUT2D eigenvalue weighted by Gasteiger charge is -2.35. The van der Waals surface area contributed by atoms with Crippen LogP contribution in [0.15, 0.2) is 78.9 Å². The van der Waals surface area contributed by atoms with Gasteiger partial charge in [0.2, 0.25) is 21.8 Å². The van der Waals surface area contributed by atoms with E-state index in [1.807, 2.05) is 51.1 Å². The molecule has 3 aromatic carbocycles. The highest BCUT2D eigenvalue weighted by Gasteiger charge is 2.34. The maximum Gasteiger partial charge on any atom is 0.271 e. The molecule has 0 heterocycles. The minimum absolute atomic E-state index is 0.0301. The number of hydrogen-bond acceptors (Lipinski definition) is 7. The molecule has 1 N–H and O–H groups in total. The van der Waals surface area contributed by atoms with E-state index in [1.54, 1.807) is 24.3 Å². The number of nitrogens with zero attached hydrogens (tertiary/aromatic N) is 3. The molecule has 0 aliphatic heterocycles. The van der Waals surface area contributed by atoms with Gasteiger partial charge >= 0.3 is 0 Å². The third-order valence-corrected chi connectivity index (χ3v) is 7.40. The Hall–Kier alpha value is -4.45. The molecule has 3 rings (SSSR count). The molecule has 2 amide bonds. The highest BCUT2D eigenvalue weighted by Crippen LogP contribution is 2.25. The molecule has 0 aliphatic carbocycles. The third kappa shape index (κ3) is 9.03. The number of rotatable bonds is 12. The fourth-order valence-electron chi connectivity index (χ4n) is 4.35. The van der Waals surface area contributed by atoms with E-state index in [4.69, 9.17) is 4.74 Å². The first kappa shape index (κ1) is 32.1. The summed E-state index contributed by atoms with van der Waals surface area (Å²) in [4.78, 5) is 40.0. The number of anilines is 1. The maximum atomic E-state index is 14.1. The summed E-state index contributed by atoms with van der Waals surface area (Å²) >= 11 is 0. The van der Waals surface area contributed by atoms with Crippen molar-refractivity contribution in [3.63, 3.8) is 0 Å². The first-order valence-electron chi connectivity index (χ1n) is 13.2. The van der Waals surface area contributed by atoms with Crippen molar-refractivity contribution < 1.29 is 27.7 Å². The van der Waals surface area contributed by atoms with Crippen LogP contribution in [0.1, 0.15) is 31.9 Å². The Bertz CT molecular complexity index is 1520. The van der Waals surface area contributed by atoms with Crippen LogP contribution < -0.4 is 14.4 Å². The second-order valence-corrected chi connectivity index (χ2v) is 12.8. The van der Waals surface area contributed by atoms with Gasteiger partial charge in [-0.15, -0.1) is 0 Å². The monoisotopic (exact) mass is 596 g/mol. The van der Waals surface area contributed by atoms with Gasteiger partial charge in [0, 0.05) is 30.6 Å². The van der Waals surface area contributed by atoms with E-state index in [1.165, 1.54) is 30.2 Å². The van der Waals surface area contributed by atoms with Crippen LogP contribution in [0.2, 0.25) is 0 Å². The summed E-state index contributed by atoms with van der Waals surface area (Å²) in [6.07, 6.45) is 1.08. The van der Waals surface area contributed by atoms with Crippen molar-refractivity contribution in [1.29, 1.82) is 0 Å². The summed E-state index contributed by atoms with van der Waals surface area (Å²) in [5.41, 5.74) is 0.478. The molecule has 0 radical (unpaired) electrons. The Labute approximate surface area is 246 Å². The Balaban J connectivity index is 2.11. The van der Waals surface area contributed by atoms with E-state index in [0.717, 1.165) is 22.2 Å². The van der Waals surface area contributed by atoms with Gasteiger partial charge in [-0.1, -0.05) is 48.5 Å². The number of amides is 2. The number of sulfonamides is 1. The van der Waals surface area contributed by atoms with Crippen LogP contribution >= 0.6 is 0 Å². The molecule has 0 saturated heterocycles. The van der Waals surface area contributed by atoms with Gasteiger partial charge in [-0.25, -0.2) is 8.42 Å². The number of carbonyl (C=O) groups excluding carboxylic acids is 2. The molecule has 0 fully saturated rings. The van der Waals surface area contributed by atoms with E-state index in [0.29, 0.717) is 11.3 Å². The highest BCUT2D eigenvalue weighted by atomic mass is 32.2. The molecule has 11 nitrogen and oxygen atoms in total. The predicted octanol–water partition coefficient (Wildman–Crippen LogP) is 3.92. The lowest BCUT2D eigenvalue weighted by molar-refractivity contribution is -0.384. The average Bonchev–Trinajstić information content (AvgIpc) is 2.92. The maximum absolute atomic E-state index is 14.1. The molecule has 0 aliphatic rings. The summed E-state index contributed by atoms with van der Waals surface area (Å²) in [6, 6.07) is 20.2. The topological polar surface area (TPSA) is 139 Å². The van der Waals surface area contributed by atoms with Gasteiger partial charge in [0.25, 0.3) is 5.69 Å². The molecular weight excluding hydrogens is 560 g/mol. The van der Waals surface area contributed by atoms with Crippen molar-refractivity contribution in [3.05, 3.63) is 100 Å². The second kappa shape index (κ2) is 13.5. The number of carbonyl (C=O) groups is 2. The number of nitro groups is 1. The largest absolute Gasteiger partial charge is 0.497 e. The molecule has 0 saturated carbocycles. The molecule has 42 heavy (non-hydrogen) atoms. The zero-order chi connectivity index (χ0) is 31.1. The van der Waals surface area contributed by atoms with Gasteiger partial charge in [0.1, 0.15) is 18.3 Å². The van der Waals surface area contributed by atoms with Crippen LogP contribution in [0.3, 0.4) is 0 Å². The number of benzene rings is 3. The standard InChI is InChI=1S/C30H36N4O7S/c1-30(2,3)31-29(36)27(18-22-11-7-6-8-12-22)32(20-23-13-9-16-26(17-23)41-4)28(35)21-33(42(5,39)40)24-14-10-15-25(19-24)34(37)38/h6-17,19,27H,18,20-21H2,1-5H3,(H,31,36)/t27-/m1/s1. The van der Waals surface area contributed by atoms with Gasteiger partial charge < -0.3 is 15.0 Å². The summed E-state index contributed by atoms with van der Waals surface area (Å²) in [6.45, 7) is 4.76. The SMILES string of the molecule is COc1cccc(CN(C(=O)CN(c2cccc([N+](=O)[O-])c2)S(C)(=O)=O)[C@H](Cc2ccccc2)C(=O)NC(C)(C)C)c1. The first-order valence-corrected chi connectivity index (χ1v) is 15.0. The number of nitro benzene ring substituents is 1. The van der Waals surface area contributed by atoms with Gasteiger partial charge in [-0.3, -0.25) is 24.0 Å². The lowest BCUT2D eigenvalue weighted by Crippen LogP contribution is -2.56. The van der Waals surface area contributed by atoms with Crippen LogP contribution in [0.4, 0.5) is 11.4 Å². The van der Waals surface area contributed by atoms with E-state index < -0.39 is 44.9 Å². The normalized spacial score (nSPS) is 12.2. The van der Waals surface area contributed by atoms with Gasteiger partial charge in [0.05, 0.1) is 24.0 Å². The fraction of sp³-hybridized carbons (Fsp3) is 0.333. The van der Waals surface area contributed by atoms with Crippen molar-refractivity contribution in [2.75, 3.05) is 24.2 Å². The van der Waals surface area contributed by atoms with Crippen LogP contribution in [0.25, 0.3) is 0 Å². The first-order chi connectivity index (χ1) is 19.7. The van der Waals surface area contributed by atoms with Crippen LogP contribution in [0, 0.1) is 10.1 Å². The number of methoxy groups -OCH3 is 1. The van der Waals surface area contributed by atoms with E-state index in [2.05, 4.69) is 5.32 Å². The summed E-state index contributed by atoms with van der Waals surface area (Å²) in [7, 11) is -2.55. The minimum atomic E-state index is -4.06. The Morgan fingerprint density at radius 3 is 2.21 bits per heavy atom. The molecular formula is C30H36N4O7S. The number of nitrogens with one attached hydrogen (secondary N) is 1. The van der Waals surface area contributed by atoms with Gasteiger partial charge in [0.15, 0.2) is 0 Å². The van der Waals surface area contributed by atoms with E-state index in [-0.39, 0.29) is 24.3 Å². The molecule has 3 aromatic rings. The van der Waals surface area contributed by atoms with E-state index >= 15 is 0 Å². The second-order valence-electron chi connectivity index (χ2n) is 10.9. The lowest BCUT2D eigenvalue weighted by atomic mass is 10.0. The molecule has 1 atom stereocenters. The smallest absolute Gasteiger partial charge is 0.271 e. The summed E-state index contributed by atoms with van der Waals surface area (Å²) in [5, 5.41) is 14.3. The number of ether oxygens (including phenoxy) is 1. The molecule has 12 heteroatoms. The summed E-state index contributed by atoms with van der Waals surface area (Å²) in [5.74, 6) is -0.531. The molecule has 0 unspecified atom stereocenters. The average molecular weight is 597 g/mol. The Kier molecular flexibility index (Phi) is 10.3. The minimum Gasteiger partial charge on any atom is -0.497 e. The van der Waals surface area contributed by atoms with E-state index in [9.17, 15) is 28.1 Å². The van der Waals surface area contributed by atoms with Crippen molar-refractivity contribution >= 4 is 33.2 Å². The van der Waals surface area contributed by atoms with Gasteiger partial charge in [-0.2, -0.15) is 0 Å². The number of non-ortho nitro benzene ring substituents is 1. The molecule has 0 spiro atoms. The molecule has 224 valence electrons. The highest BCUT2D eigenvalue weighted by molar-refractivity contribution is 7.92.